The first kappa shape index (κ1) is 14.8. The van der Waals surface area contributed by atoms with Gasteiger partial charge in [0.05, 0.1) is 12.5 Å². The zero-order valence-electron chi connectivity index (χ0n) is 10.9. The largest absolute Gasteiger partial charge is 0.481 e. The number of carboxylic acids is 1. The first-order chi connectivity index (χ1) is 8.55. The van der Waals surface area contributed by atoms with E-state index >= 15 is 0 Å². The van der Waals surface area contributed by atoms with Gasteiger partial charge in [-0.15, -0.1) is 0 Å². The summed E-state index contributed by atoms with van der Waals surface area (Å²) in [6.45, 7) is 1.85. The Balaban J connectivity index is 2.30. The number of methoxy groups -OCH3 is 1. The molecule has 6 heteroatoms. The van der Waals surface area contributed by atoms with Crippen LogP contribution < -0.4 is 10.6 Å². The number of urea groups is 1. The van der Waals surface area contributed by atoms with Gasteiger partial charge in [-0.3, -0.25) is 4.79 Å². The molecule has 6 nitrogen and oxygen atoms in total. The number of hydrogen-bond donors (Lipinski definition) is 3. The van der Waals surface area contributed by atoms with Gasteiger partial charge in [0.1, 0.15) is 0 Å². The Morgan fingerprint density at radius 3 is 2.67 bits per heavy atom. The summed E-state index contributed by atoms with van der Waals surface area (Å²) in [6.07, 6.45) is 3.45. The number of aliphatic carboxylic acids is 1. The van der Waals surface area contributed by atoms with Crippen molar-refractivity contribution in [2.24, 2.45) is 0 Å². The number of carbonyl (C=O) groups excluding carboxylic acids is 1. The zero-order valence-corrected chi connectivity index (χ0v) is 10.9. The van der Waals surface area contributed by atoms with Crippen LogP contribution >= 0.6 is 0 Å². The minimum absolute atomic E-state index is 0.0463. The van der Waals surface area contributed by atoms with Gasteiger partial charge < -0.3 is 20.5 Å². The molecule has 1 rings (SSSR count). The minimum atomic E-state index is -0.900. The second-order valence-electron chi connectivity index (χ2n) is 4.69. The Bertz CT molecular complexity index is 296. The highest BCUT2D eigenvalue weighted by atomic mass is 16.5. The van der Waals surface area contributed by atoms with E-state index in [1.807, 2.05) is 6.92 Å². The van der Waals surface area contributed by atoms with Crippen molar-refractivity contribution in [3.8, 4) is 0 Å². The Hall–Kier alpha value is -1.30. The maximum atomic E-state index is 11.7. The maximum Gasteiger partial charge on any atom is 0.315 e. The highest BCUT2D eigenvalue weighted by molar-refractivity contribution is 5.76. The summed E-state index contributed by atoms with van der Waals surface area (Å²) in [7, 11) is 1.67. The van der Waals surface area contributed by atoms with Crippen molar-refractivity contribution in [3.63, 3.8) is 0 Å². The number of nitrogens with one attached hydrogen (secondary N) is 2. The molecule has 0 saturated heterocycles. The molecule has 1 fully saturated rings. The molecular weight excluding hydrogens is 236 g/mol. The second-order valence-corrected chi connectivity index (χ2v) is 4.69. The molecule has 1 aliphatic carbocycles. The molecule has 3 N–H and O–H groups in total. The summed E-state index contributed by atoms with van der Waals surface area (Å²) < 4.78 is 5.23. The van der Waals surface area contributed by atoms with Gasteiger partial charge in [-0.05, 0) is 25.7 Å². The Morgan fingerprint density at radius 2 is 2.17 bits per heavy atom. The van der Waals surface area contributed by atoms with E-state index in [2.05, 4.69) is 10.6 Å². The van der Waals surface area contributed by atoms with Gasteiger partial charge in [0.2, 0.25) is 0 Å². The van der Waals surface area contributed by atoms with Gasteiger partial charge >= 0.3 is 12.0 Å². The van der Waals surface area contributed by atoms with Crippen LogP contribution in [0.5, 0.6) is 0 Å². The molecule has 0 spiro atoms. The van der Waals surface area contributed by atoms with Crippen molar-refractivity contribution < 1.29 is 19.4 Å². The molecule has 1 saturated carbocycles. The first-order valence-corrected chi connectivity index (χ1v) is 6.36. The van der Waals surface area contributed by atoms with Crippen molar-refractivity contribution in [2.45, 2.75) is 57.2 Å². The Labute approximate surface area is 107 Å². The zero-order chi connectivity index (χ0) is 13.5. The fourth-order valence-corrected chi connectivity index (χ4v) is 2.21. The predicted octanol–water partition coefficient (Wildman–Crippen LogP) is 1.11. The summed E-state index contributed by atoms with van der Waals surface area (Å²) in [5, 5.41) is 14.2. The fraction of sp³-hybridized carbons (Fsp3) is 0.833. The highest BCUT2D eigenvalue weighted by Gasteiger charge is 2.26. The lowest BCUT2D eigenvalue weighted by atomic mass is 10.1. The van der Waals surface area contributed by atoms with Crippen LogP contribution in [-0.4, -0.2) is 42.4 Å². The molecule has 0 heterocycles. The third-order valence-electron chi connectivity index (χ3n) is 3.30. The molecule has 1 aliphatic rings. The predicted molar refractivity (Wildman–Crippen MR) is 66.4 cm³/mol. The smallest absolute Gasteiger partial charge is 0.315 e. The van der Waals surface area contributed by atoms with Crippen LogP contribution in [0.4, 0.5) is 4.79 Å². The average molecular weight is 258 g/mol. The molecule has 3 unspecified atom stereocenters. The number of hydrogen-bond acceptors (Lipinski definition) is 3. The third-order valence-corrected chi connectivity index (χ3v) is 3.30. The molecule has 0 aromatic heterocycles. The maximum absolute atomic E-state index is 11.7. The summed E-state index contributed by atoms with van der Waals surface area (Å²) in [4.78, 5) is 22.3. The van der Waals surface area contributed by atoms with Crippen molar-refractivity contribution in [1.82, 2.24) is 10.6 Å². The van der Waals surface area contributed by atoms with E-state index in [4.69, 9.17) is 9.84 Å². The summed E-state index contributed by atoms with van der Waals surface area (Å²) in [5.41, 5.74) is 0. The highest BCUT2D eigenvalue weighted by Crippen LogP contribution is 2.21. The molecule has 18 heavy (non-hydrogen) atoms. The minimum Gasteiger partial charge on any atom is -0.481 e. The van der Waals surface area contributed by atoms with Gasteiger partial charge in [0.15, 0.2) is 0 Å². The van der Waals surface area contributed by atoms with Crippen molar-refractivity contribution in [3.05, 3.63) is 0 Å². The number of carbonyl (C=O) groups is 2. The van der Waals surface area contributed by atoms with Crippen LogP contribution in [0.3, 0.4) is 0 Å². The van der Waals surface area contributed by atoms with Crippen molar-refractivity contribution in [2.75, 3.05) is 7.11 Å². The fourth-order valence-electron chi connectivity index (χ4n) is 2.21. The third kappa shape index (κ3) is 4.91. The van der Waals surface area contributed by atoms with Crippen LogP contribution in [0.1, 0.15) is 39.0 Å². The monoisotopic (exact) mass is 258 g/mol. The molecule has 0 radical (unpaired) electrons. The summed E-state index contributed by atoms with van der Waals surface area (Å²) in [6, 6.07) is -0.482. The van der Waals surface area contributed by atoms with Crippen LogP contribution in [-0.2, 0) is 9.53 Å². The van der Waals surface area contributed by atoms with E-state index in [1.54, 1.807) is 7.11 Å². The second kappa shape index (κ2) is 7.20. The van der Waals surface area contributed by atoms with Crippen molar-refractivity contribution >= 4 is 12.0 Å². The molecule has 0 aromatic carbocycles. The summed E-state index contributed by atoms with van der Waals surface area (Å²) >= 11 is 0. The SMILES string of the molecule is CCC(CC(=O)O)NC(=O)NC1CCC(OC)C1. The van der Waals surface area contributed by atoms with Gasteiger partial charge in [-0.2, -0.15) is 0 Å². The van der Waals surface area contributed by atoms with Crippen LogP contribution in [0.15, 0.2) is 0 Å². The molecule has 0 bridgehead atoms. The lowest BCUT2D eigenvalue weighted by Crippen LogP contribution is -2.46. The molecular formula is C12H22N2O4. The molecule has 0 aliphatic heterocycles. The lowest BCUT2D eigenvalue weighted by molar-refractivity contribution is -0.137. The van der Waals surface area contributed by atoms with Crippen LogP contribution in [0.25, 0.3) is 0 Å². The first-order valence-electron chi connectivity index (χ1n) is 6.36. The van der Waals surface area contributed by atoms with E-state index in [-0.39, 0.29) is 30.6 Å². The normalized spacial score (nSPS) is 24.6. The topological polar surface area (TPSA) is 87.7 Å². The van der Waals surface area contributed by atoms with E-state index in [1.165, 1.54) is 0 Å². The van der Waals surface area contributed by atoms with Gasteiger partial charge in [-0.25, -0.2) is 4.79 Å². The van der Waals surface area contributed by atoms with Crippen LogP contribution in [0, 0.1) is 0 Å². The Kier molecular flexibility index (Phi) is 5.91. The van der Waals surface area contributed by atoms with E-state index < -0.39 is 5.97 Å². The van der Waals surface area contributed by atoms with Gasteiger partial charge in [0.25, 0.3) is 0 Å². The lowest BCUT2D eigenvalue weighted by Gasteiger charge is -2.18. The number of rotatable bonds is 6. The van der Waals surface area contributed by atoms with E-state index in [0.29, 0.717) is 6.42 Å². The molecule has 3 atom stereocenters. The van der Waals surface area contributed by atoms with Gasteiger partial charge in [-0.1, -0.05) is 6.92 Å². The number of ether oxygens (including phenoxy) is 1. The molecule has 104 valence electrons. The van der Waals surface area contributed by atoms with E-state index in [9.17, 15) is 9.59 Å². The standard InChI is InChI=1S/C12H22N2O4/c1-3-8(7-11(15)16)13-12(17)14-9-4-5-10(6-9)18-2/h8-10H,3-7H2,1-2H3,(H,15,16)(H2,13,14,17). The van der Waals surface area contributed by atoms with E-state index in [0.717, 1.165) is 19.3 Å². The average Bonchev–Trinajstić information content (AvgIpc) is 2.75. The molecule has 2 amide bonds. The van der Waals surface area contributed by atoms with Crippen molar-refractivity contribution in [1.29, 1.82) is 0 Å². The number of carboxylic acid groups (broad SMARTS) is 1. The Morgan fingerprint density at radius 1 is 1.44 bits per heavy atom. The number of amides is 2. The van der Waals surface area contributed by atoms with Gasteiger partial charge in [0, 0.05) is 19.2 Å². The summed E-state index contributed by atoms with van der Waals surface area (Å²) in [5.74, 6) is -0.900. The van der Waals surface area contributed by atoms with Crippen LogP contribution in [0.2, 0.25) is 0 Å². The quantitative estimate of drug-likeness (QED) is 0.666. The molecule has 0 aromatic rings.